The first-order valence-electron chi connectivity index (χ1n) is 12.5. The van der Waals surface area contributed by atoms with Crippen LogP contribution in [0.5, 0.6) is 0 Å². The van der Waals surface area contributed by atoms with E-state index in [1.165, 1.54) is 16.7 Å². The molecule has 0 spiro atoms. The predicted octanol–water partition coefficient (Wildman–Crippen LogP) is 4.89. The second kappa shape index (κ2) is 9.93. The van der Waals surface area contributed by atoms with Crippen molar-refractivity contribution >= 4 is 17.3 Å². The fraction of sp³-hybridized carbons (Fsp3) is 0.310. The van der Waals surface area contributed by atoms with Gasteiger partial charge in [0.15, 0.2) is 0 Å². The number of amides is 1. The summed E-state index contributed by atoms with van der Waals surface area (Å²) in [5.74, 6) is 0.241. The molecule has 1 N–H and O–H groups in total. The molecule has 184 valence electrons. The van der Waals surface area contributed by atoms with Crippen LogP contribution >= 0.6 is 0 Å². The minimum atomic E-state index is -0.189. The average Bonchev–Trinajstić information content (AvgIpc) is 3.31. The first kappa shape index (κ1) is 23.7. The number of nitrogens with one attached hydrogen (secondary N) is 1. The Morgan fingerprint density at radius 1 is 1.00 bits per heavy atom. The van der Waals surface area contributed by atoms with E-state index >= 15 is 0 Å². The molecule has 1 atom stereocenters. The molecule has 0 bridgehead atoms. The first-order chi connectivity index (χ1) is 17.4. The number of rotatable bonds is 7. The molecule has 3 heterocycles. The number of hydrogen-bond acceptors (Lipinski definition) is 5. The molecule has 0 saturated carbocycles. The van der Waals surface area contributed by atoms with Crippen LogP contribution in [0.4, 0.5) is 11.4 Å². The molecule has 4 aromatic rings. The molecule has 1 aliphatic heterocycles. The number of carbonyl (C=O) groups excluding carboxylic acids is 1. The molecule has 5 rings (SSSR count). The SMILES string of the molecule is Cc1nc(CCc2cn(Cc3ccccc3-c3ccccc3)nn2)cc2c1NC(=O)[C@H](C(C)C)N2C. The van der Waals surface area contributed by atoms with Gasteiger partial charge in [-0.2, -0.15) is 0 Å². The summed E-state index contributed by atoms with van der Waals surface area (Å²) in [6.45, 7) is 6.76. The third-order valence-corrected chi connectivity index (χ3v) is 6.84. The molecule has 7 nitrogen and oxygen atoms in total. The van der Waals surface area contributed by atoms with Gasteiger partial charge in [0.1, 0.15) is 6.04 Å². The van der Waals surface area contributed by atoms with Gasteiger partial charge in [-0.25, -0.2) is 4.68 Å². The number of carbonyl (C=O) groups is 1. The lowest BCUT2D eigenvalue weighted by molar-refractivity contribution is -0.118. The van der Waals surface area contributed by atoms with Gasteiger partial charge in [-0.05, 0) is 48.4 Å². The molecular formula is C29H32N6O. The van der Waals surface area contributed by atoms with Crippen molar-refractivity contribution in [2.24, 2.45) is 5.92 Å². The van der Waals surface area contributed by atoms with Crippen molar-refractivity contribution in [1.82, 2.24) is 20.0 Å². The van der Waals surface area contributed by atoms with E-state index in [0.717, 1.165) is 41.3 Å². The number of fused-ring (bicyclic) bond motifs is 1. The van der Waals surface area contributed by atoms with Gasteiger partial charge in [-0.1, -0.05) is 73.7 Å². The Bertz CT molecular complexity index is 1380. The Labute approximate surface area is 212 Å². The molecule has 1 amide bonds. The summed E-state index contributed by atoms with van der Waals surface area (Å²) in [5, 5.41) is 11.9. The number of likely N-dealkylation sites (N-methyl/N-ethyl adjacent to an activating group) is 1. The first-order valence-corrected chi connectivity index (χ1v) is 12.5. The van der Waals surface area contributed by atoms with Crippen molar-refractivity contribution in [3.63, 3.8) is 0 Å². The highest BCUT2D eigenvalue weighted by molar-refractivity contribution is 6.04. The van der Waals surface area contributed by atoms with E-state index in [-0.39, 0.29) is 17.9 Å². The van der Waals surface area contributed by atoms with E-state index < -0.39 is 0 Å². The third kappa shape index (κ3) is 4.73. The Morgan fingerprint density at radius 3 is 2.50 bits per heavy atom. The summed E-state index contributed by atoms with van der Waals surface area (Å²) in [6.07, 6.45) is 3.52. The number of hydrogen-bond donors (Lipinski definition) is 1. The molecule has 0 radical (unpaired) electrons. The summed E-state index contributed by atoms with van der Waals surface area (Å²) in [4.78, 5) is 19.4. The topological polar surface area (TPSA) is 75.9 Å². The van der Waals surface area contributed by atoms with Crippen LogP contribution in [0.3, 0.4) is 0 Å². The zero-order chi connectivity index (χ0) is 25.2. The number of anilines is 2. The fourth-order valence-corrected chi connectivity index (χ4v) is 5.07. The van der Waals surface area contributed by atoms with Gasteiger partial charge in [0, 0.05) is 18.9 Å². The Balaban J connectivity index is 1.30. The maximum Gasteiger partial charge on any atom is 0.247 e. The van der Waals surface area contributed by atoms with E-state index in [1.807, 2.05) is 30.9 Å². The fourth-order valence-electron chi connectivity index (χ4n) is 5.07. The van der Waals surface area contributed by atoms with Gasteiger partial charge in [0.05, 0.1) is 29.3 Å². The molecule has 0 aliphatic carbocycles. The Kier molecular flexibility index (Phi) is 6.55. The molecule has 36 heavy (non-hydrogen) atoms. The number of nitrogens with zero attached hydrogens (tertiary/aromatic N) is 5. The van der Waals surface area contributed by atoms with Gasteiger partial charge in [0.2, 0.25) is 5.91 Å². The summed E-state index contributed by atoms with van der Waals surface area (Å²) in [5.41, 5.74) is 8.21. The van der Waals surface area contributed by atoms with Crippen LogP contribution in [0.2, 0.25) is 0 Å². The lowest BCUT2D eigenvalue weighted by atomic mass is 9.97. The highest BCUT2D eigenvalue weighted by atomic mass is 16.2. The number of pyridine rings is 1. The van der Waals surface area contributed by atoms with Gasteiger partial charge < -0.3 is 10.2 Å². The second-order valence-corrected chi connectivity index (χ2v) is 9.81. The maximum absolute atomic E-state index is 12.6. The van der Waals surface area contributed by atoms with Gasteiger partial charge in [-0.3, -0.25) is 9.78 Å². The van der Waals surface area contributed by atoms with Crippen molar-refractivity contribution in [2.45, 2.75) is 46.2 Å². The number of aryl methyl sites for hydroxylation is 3. The molecule has 0 unspecified atom stereocenters. The van der Waals surface area contributed by atoms with Crippen LogP contribution in [0.1, 0.15) is 36.5 Å². The van der Waals surface area contributed by atoms with Crippen molar-refractivity contribution in [3.8, 4) is 11.1 Å². The van der Waals surface area contributed by atoms with E-state index in [1.54, 1.807) is 0 Å². The molecule has 0 saturated heterocycles. The van der Waals surface area contributed by atoms with Crippen molar-refractivity contribution in [1.29, 1.82) is 0 Å². The monoisotopic (exact) mass is 480 g/mol. The van der Waals surface area contributed by atoms with Crippen LogP contribution in [0.25, 0.3) is 11.1 Å². The normalized spacial score (nSPS) is 15.2. The van der Waals surface area contributed by atoms with E-state index in [9.17, 15) is 4.79 Å². The van der Waals surface area contributed by atoms with E-state index in [0.29, 0.717) is 6.54 Å². The van der Waals surface area contributed by atoms with Crippen LogP contribution in [0, 0.1) is 12.8 Å². The molecular weight excluding hydrogens is 448 g/mol. The molecule has 2 aromatic carbocycles. The smallest absolute Gasteiger partial charge is 0.247 e. The minimum Gasteiger partial charge on any atom is -0.361 e. The Hall–Kier alpha value is -4.00. The summed E-state index contributed by atoms with van der Waals surface area (Å²) in [6, 6.07) is 20.7. The molecule has 2 aromatic heterocycles. The third-order valence-electron chi connectivity index (χ3n) is 6.84. The van der Waals surface area contributed by atoms with Crippen LogP contribution < -0.4 is 10.2 Å². The zero-order valence-electron chi connectivity index (χ0n) is 21.3. The van der Waals surface area contributed by atoms with Crippen molar-refractivity contribution < 1.29 is 4.79 Å². The molecule has 1 aliphatic rings. The summed E-state index contributed by atoms with van der Waals surface area (Å²) in [7, 11) is 1.99. The Morgan fingerprint density at radius 2 is 1.72 bits per heavy atom. The predicted molar refractivity (Wildman–Crippen MR) is 143 cm³/mol. The standard InChI is InChI=1S/C29H32N6O/c1-19(2)28-29(36)31-27-20(3)30-23(16-26(27)34(28)4)14-15-24-18-35(33-32-24)17-22-12-8-9-13-25(22)21-10-6-5-7-11-21/h5-13,16,18-19,28H,14-15,17H2,1-4H3,(H,31,36)/t28-/m0/s1. The van der Waals surface area contributed by atoms with Gasteiger partial charge in [-0.15, -0.1) is 5.10 Å². The second-order valence-electron chi connectivity index (χ2n) is 9.81. The largest absolute Gasteiger partial charge is 0.361 e. The average molecular weight is 481 g/mol. The van der Waals surface area contributed by atoms with Crippen LogP contribution in [-0.2, 0) is 24.2 Å². The van der Waals surface area contributed by atoms with E-state index in [4.69, 9.17) is 4.98 Å². The van der Waals surface area contributed by atoms with Gasteiger partial charge >= 0.3 is 0 Å². The lowest BCUT2D eigenvalue weighted by Gasteiger charge is -2.38. The number of benzene rings is 2. The minimum absolute atomic E-state index is 0.0306. The lowest BCUT2D eigenvalue weighted by Crippen LogP contribution is -2.49. The molecule has 7 heteroatoms. The maximum atomic E-state index is 12.6. The van der Waals surface area contributed by atoms with Gasteiger partial charge in [0.25, 0.3) is 0 Å². The quantitative estimate of drug-likeness (QED) is 0.407. The summed E-state index contributed by atoms with van der Waals surface area (Å²) >= 11 is 0. The highest BCUT2D eigenvalue weighted by Gasteiger charge is 2.34. The van der Waals surface area contributed by atoms with Crippen LogP contribution in [0.15, 0.2) is 66.9 Å². The zero-order valence-corrected chi connectivity index (χ0v) is 21.3. The van der Waals surface area contributed by atoms with Crippen molar-refractivity contribution in [2.75, 3.05) is 17.3 Å². The molecule has 0 fully saturated rings. The number of aromatic nitrogens is 4. The van der Waals surface area contributed by atoms with Crippen LogP contribution in [-0.4, -0.2) is 39.0 Å². The van der Waals surface area contributed by atoms with E-state index in [2.05, 4.69) is 89.0 Å². The van der Waals surface area contributed by atoms with Crippen molar-refractivity contribution in [3.05, 3.63) is 89.5 Å². The summed E-state index contributed by atoms with van der Waals surface area (Å²) < 4.78 is 1.90. The highest BCUT2D eigenvalue weighted by Crippen LogP contribution is 2.35.